The highest BCUT2D eigenvalue weighted by atomic mass is 16.5. The van der Waals surface area contributed by atoms with Gasteiger partial charge in [-0.25, -0.2) is 0 Å². The second-order valence-electron chi connectivity index (χ2n) is 1.99. The molecule has 1 heterocycles. The first-order chi connectivity index (χ1) is 5.27. The third kappa shape index (κ3) is 1.62. The zero-order chi connectivity index (χ0) is 8.27. The van der Waals surface area contributed by atoms with E-state index in [-0.39, 0.29) is 12.0 Å². The summed E-state index contributed by atoms with van der Waals surface area (Å²) in [6, 6.07) is 0. The maximum atomic E-state index is 10.1. The van der Waals surface area contributed by atoms with Crippen LogP contribution in [0.3, 0.4) is 0 Å². The van der Waals surface area contributed by atoms with Crippen LogP contribution in [-0.4, -0.2) is 23.5 Å². The molecule has 0 aliphatic carbocycles. The molecular formula is C6H8N2O3. The highest BCUT2D eigenvalue weighted by Crippen LogP contribution is 2.09. The van der Waals surface area contributed by atoms with E-state index in [1.807, 2.05) is 0 Å². The molecule has 0 N–H and O–H groups in total. The van der Waals surface area contributed by atoms with Gasteiger partial charge in [0, 0.05) is 7.11 Å². The zero-order valence-corrected chi connectivity index (χ0v) is 6.27. The zero-order valence-electron chi connectivity index (χ0n) is 6.27. The van der Waals surface area contributed by atoms with E-state index in [1.54, 1.807) is 6.92 Å². The molecule has 1 rings (SSSR count). The van der Waals surface area contributed by atoms with Gasteiger partial charge < -0.3 is 9.26 Å². The number of hydrogen-bond acceptors (Lipinski definition) is 5. The molecule has 0 aliphatic heterocycles. The first-order valence-corrected chi connectivity index (χ1v) is 3.09. The summed E-state index contributed by atoms with van der Waals surface area (Å²) in [4.78, 5) is 13.8. The predicted octanol–water partition coefficient (Wildman–Crippen LogP) is 0.590. The molecule has 0 radical (unpaired) electrons. The van der Waals surface area contributed by atoms with Crippen molar-refractivity contribution in [2.45, 2.75) is 13.0 Å². The molecule has 0 fully saturated rings. The van der Waals surface area contributed by atoms with Crippen LogP contribution in [0.5, 0.6) is 0 Å². The van der Waals surface area contributed by atoms with Crippen LogP contribution in [0, 0.1) is 0 Å². The fourth-order valence-corrected chi connectivity index (χ4v) is 0.566. The highest BCUT2D eigenvalue weighted by Gasteiger charge is 2.11. The van der Waals surface area contributed by atoms with Gasteiger partial charge in [-0.1, -0.05) is 5.16 Å². The van der Waals surface area contributed by atoms with Crippen molar-refractivity contribution >= 4 is 6.29 Å². The Morgan fingerprint density at radius 3 is 2.91 bits per heavy atom. The molecule has 0 spiro atoms. The number of nitrogens with zero attached hydrogens (tertiary/aromatic N) is 2. The lowest BCUT2D eigenvalue weighted by Gasteiger charge is -2.00. The normalized spacial score (nSPS) is 12.9. The van der Waals surface area contributed by atoms with Gasteiger partial charge in [0.2, 0.25) is 12.1 Å². The van der Waals surface area contributed by atoms with Crippen LogP contribution in [0.15, 0.2) is 4.52 Å². The summed E-state index contributed by atoms with van der Waals surface area (Å²) in [5.74, 6) is 0.360. The molecule has 0 saturated heterocycles. The predicted molar refractivity (Wildman–Crippen MR) is 35.1 cm³/mol. The molecule has 1 aromatic heterocycles. The number of ether oxygens (including phenoxy) is 1. The van der Waals surface area contributed by atoms with Crippen molar-refractivity contribution < 1.29 is 14.1 Å². The van der Waals surface area contributed by atoms with Crippen molar-refractivity contribution in [3.05, 3.63) is 11.7 Å². The van der Waals surface area contributed by atoms with Crippen LogP contribution in [0.2, 0.25) is 0 Å². The fourth-order valence-electron chi connectivity index (χ4n) is 0.566. The van der Waals surface area contributed by atoms with E-state index < -0.39 is 0 Å². The molecule has 1 atom stereocenters. The van der Waals surface area contributed by atoms with E-state index >= 15 is 0 Å². The molecule has 60 valence electrons. The van der Waals surface area contributed by atoms with E-state index in [1.165, 1.54) is 7.11 Å². The number of rotatable bonds is 3. The SMILES string of the molecule is COC(C)c1noc(C=O)n1. The van der Waals surface area contributed by atoms with Gasteiger partial charge in [0.1, 0.15) is 6.10 Å². The van der Waals surface area contributed by atoms with Crippen LogP contribution in [0.1, 0.15) is 29.5 Å². The molecule has 0 amide bonds. The molecule has 1 aromatic rings. The van der Waals surface area contributed by atoms with Gasteiger partial charge in [0.15, 0.2) is 0 Å². The molecule has 0 aromatic carbocycles. The van der Waals surface area contributed by atoms with Crippen molar-refractivity contribution in [2.24, 2.45) is 0 Å². The van der Waals surface area contributed by atoms with Gasteiger partial charge in [0.25, 0.3) is 5.89 Å². The summed E-state index contributed by atoms with van der Waals surface area (Å²) >= 11 is 0. The number of carbonyl (C=O) groups excluding carboxylic acids is 1. The topological polar surface area (TPSA) is 65.2 Å². The fraction of sp³-hybridized carbons (Fsp3) is 0.500. The Morgan fingerprint density at radius 1 is 1.73 bits per heavy atom. The standard InChI is InChI=1S/C6H8N2O3/c1-4(10-2)6-7-5(3-9)11-8-6/h3-4H,1-2H3. The number of aldehydes is 1. The molecule has 11 heavy (non-hydrogen) atoms. The molecule has 0 saturated carbocycles. The number of aromatic nitrogens is 2. The van der Waals surface area contributed by atoms with Gasteiger partial charge in [-0.05, 0) is 6.92 Å². The van der Waals surface area contributed by atoms with Crippen molar-refractivity contribution in [3.8, 4) is 0 Å². The highest BCUT2D eigenvalue weighted by molar-refractivity contribution is 5.66. The summed E-state index contributed by atoms with van der Waals surface area (Å²) in [5, 5.41) is 3.52. The minimum Gasteiger partial charge on any atom is -0.374 e. The Hall–Kier alpha value is -1.23. The summed E-state index contributed by atoms with van der Waals surface area (Å²) in [5.41, 5.74) is 0. The third-order valence-electron chi connectivity index (χ3n) is 1.28. The third-order valence-corrected chi connectivity index (χ3v) is 1.28. The number of carbonyl (C=O) groups is 1. The van der Waals surface area contributed by atoms with Crippen LogP contribution in [0.4, 0.5) is 0 Å². The van der Waals surface area contributed by atoms with E-state index in [0.29, 0.717) is 12.1 Å². The Morgan fingerprint density at radius 2 is 2.45 bits per heavy atom. The molecule has 0 bridgehead atoms. The molecule has 0 aliphatic rings. The number of methoxy groups -OCH3 is 1. The first-order valence-electron chi connectivity index (χ1n) is 3.09. The van der Waals surface area contributed by atoms with Crippen molar-refractivity contribution in [1.29, 1.82) is 0 Å². The van der Waals surface area contributed by atoms with Crippen molar-refractivity contribution in [2.75, 3.05) is 7.11 Å². The average Bonchev–Trinajstić information content (AvgIpc) is 2.50. The van der Waals surface area contributed by atoms with Gasteiger partial charge in [-0.2, -0.15) is 4.98 Å². The van der Waals surface area contributed by atoms with Gasteiger partial charge in [-0.15, -0.1) is 0 Å². The average molecular weight is 156 g/mol. The van der Waals surface area contributed by atoms with Crippen LogP contribution < -0.4 is 0 Å². The lowest BCUT2D eigenvalue weighted by molar-refractivity contribution is 0.107. The lowest BCUT2D eigenvalue weighted by Crippen LogP contribution is -1.97. The Bertz CT molecular complexity index is 246. The van der Waals surface area contributed by atoms with E-state index in [9.17, 15) is 4.79 Å². The minimum atomic E-state index is -0.243. The Kier molecular flexibility index (Phi) is 2.32. The molecule has 5 heteroatoms. The van der Waals surface area contributed by atoms with Crippen LogP contribution in [-0.2, 0) is 4.74 Å². The van der Waals surface area contributed by atoms with Crippen molar-refractivity contribution in [1.82, 2.24) is 10.1 Å². The summed E-state index contributed by atoms with van der Waals surface area (Å²) < 4.78 is 9.42. The van der Waals surface area contributed by atoms with Gasteiger partial charge in [-0.3, -0.25) is 4.79 Å². The monoisotopic (exact) mass is 156 g/mol. The van der Waals surface area contributed by atoms with Gasteiger partial charge >= 0.3 is 0 Å². The quantitative estimate of drug-likeness (QED) is 0.599. The second kappa shape index (κ2) is 3.25. The van der Waals surface area contributed by atoms with E-state index in [0.717, 1.165) is 0 Å². The smallest absolute Gasteiger partial charge is 0.290 e. The van der Waals surface area contributed by atoms with Crippen molar-refractivity contribution in [3.63, 3.8) is 0 Å². The molecule has 5 nitrogen and oxygen atoms in total. The second-order valence-corrected chi connectivity index (χ2v) is 1.99. The lowest BCUT2D eigenvalue weighted by atomic mass is 10.4. The van der Waals surface area contributed by atoms with Crippen LogP contribution >= 0.6 is 0 Å². The Labute approximate surface area is 63.4 Å². The summed E-state index contributed by atoms with van der Waals surface area (Å²) in [6.07, 6.45) is 0.256. The Balaban J connectivity index is 2.79. The summed E-state index contributed by atoms with van der Waals surface area (Å²) in [7, 11) is 1.53. The van der Waals surface area contributed by atoms with E-state index in [2.05, 4.69) is 14.7 Å². The van der Waals surface area contributed by atoms with E-state index in [4.69, 9.17) is 4.74 Å². The number of hydrogen-bond donors (Lipinski definition) is 0. The minimum absolute atomic E-state index is 0.0242. The molecular weight excluding hydrogens is 148 g/mol. The summed E-state index contributed by atoms with van der Waals surface area (Å²) in [6.45, 7) is 1.76. The van der Waals surface area contributed by atoms with Crippen LogP contribution in [0.25, 0.3) is 0 Å². The largest absolute Gasteiger partial charge is 0.374 e. The molecule has 1 unspecified atom stereocenters. The maximum absolute atomic E-state index is 10.1. The maximum Gasteiger partial charge on any atom is 0.290 e. The van der Waals surface area contributed by atoms with Gasteiger partial charge in [0.05, 0.1) is 0 Å². The first kappa shape index (κ1) is 7.87.